The van der Waals surface area contributed by atoms with Crippen LogP contribution in [0.4, 0.5) is 0 Å². The summed E-state index contributed by atoms with van der Waals surface area (Å²) in [6, 6.07) is 0. The highest BCUT2D eigenvalue weighted by Gasteiger charge is 2.12. The van der Waals surface area contributed by atoms with Gasteiger partial charge in [0, 0.05) is 23.7 Å². The van der Waals surface area contributed by atoms with Crippen molar-refractivity contribution in [2.24, 2.45) is 5.73 Å². The highest BCUT2D eigenvalue weighted by molar-refractivity contribution is 7.14. The molecule has 0 radical (unpaired) electrons. The van der Waals surface area contributed by atoms with Crippen molar-refractivity contribution in [1.29, 1.82) is 0 Å². The number of rotatable bonds is 7. The predicted molar refractivity (Wildman–Crippen MR) is 84.8 cm³/mol. The maximum Gasteiger partial charge on any atom is 0.268 e. The number of aliphatic hydroxyl groups excluding tert-OH is 1. The molecule has 1 atom stereocenters. The standard InChI is InChI=1S/C13H16N4O3S2/c1-7(18)4-10(19)15-3-2-11-16-9(6-21-11)13-17-8(5-22-13)12(14)20/h5-7,18H,2-4H2,1H3,(H2,14,20)(H,15,19)/t7-/m1/s1. The SMILES string of the molecule is C[C@@H](O)CC(=O)NCCc1nc(-c2nc(C(N)=O)cs2)cs1. The van der Waals surface area contributed by atoms with Gasteiger partial charge in [0.2, 0.25) is 5.91 Å². The fourth-order valence-electron chi connectivity index (χ4n) is 1.68. The average Bonchev–Trinajstić information content (AvgIpc) is 3.05. The van der Waals surface area contributed by atoms with E-state index < -0.39 is 12.0 Å². The van der Waals surface area contributed by atoms with Crippen LogP contribution in [0.1, 0.15) is 28.8 Å². The molecule has 0 aliphatic carbocycles. The lowest BCUT2D eigenvalue weighted by Crippen LogP contribution is -2.28. The molecule has 0 unspecified atom stereocenters. The first-order chi connectivity index (χ1) is 10.5. The summed E-state index contributed by atoms with van der Waals surface area (Å²) in [4.78, 5) is 31.0. The topological polar surface area (TPSA) is 118 Å². The third kappa shape index (κ3) is 4.58. The van der Waals surface area contributed by atoms with Crippen LogP contribution in [-0.4, -0.2) is 39.5 Å². The molecule has 0 spiro atoms. The number of aromatic nitrogens is 2. The summed E-state index contributed by atoms with van der Waals surface area (Å²) in [6.07, 6.45) is 0.0541. The van der Waals surface area contributed by atoms with Crippen LogP contribution in [-0.2, 0) is 11.2 Å². The minimum absolute atomic E-state index is 0.0954. The first kappa shape index (κ1) is 16.5. The number of primary amides is 1. The summed E-state index contributed by atoms with van der Waals surface area (Å²) in [5.41, 5.74) is 6.11. The van der Waals surface area contributed by atoms with Crippen molar-refractivity contribution in [3.05, 3.63) is 21.5 Å². The average molecular weight is 340 g/mol. The van der Waals surface area contributed by atoms with Crippen LogP contribution in [0.3, 0.4) is 0 Å². The quantitative estimate of drug-likeness (QED) is 0.689. The minimum Gasteiger partial charge on any atom is -0.393 e. The Labute approximate surface area is 135 Å². The summed E-state index contributed by atoms with van der Waals surface area (Å²) in [7, 11) is 0. The highest BCUT2D eigenvalue weighted by atomic mass is 32.1. The maximum absolute atomic E-state index is 11.4. The van der Waals surface area contributed by atoms with Crippen molar-refractivity contribution < 1.29 is 14.7 Å². The van der Waals surface area contributed by atoms with E-state index in [0.29, 0.717) is 23.7 Å². The summed E-state index contributed by atoms with van der Waals surface area (Å²) in [5, 5.41) is 16.8. The number of hydrogen-bond acceptors (Lipinski definition) is 7. The molecule has 0 saturated carbocycles. The number of aliphatic hydroxyl groups is 1. The van der Waals surface area contributed by atoms with E-state index in [4.69, 9.17) is 10.8 Å². The van der Waals surface area contributed by atoms with Crippen molar-refractivity contribution in [1.82, 2.24) is 15.3 Å². The molecule has 22 heavy (non-hydrogen) atoms. The first-order valence-corrected chi connectivity index (χ1v) is 8.36. The first-order valence-electron chi connectivity index (χ1n) is 6.60. The zero-order chi connectivity index (χ0) is 16.1. The second kappa shape index (κ2) is 7.43. The van der Waals surface area contributed by atoms with Gasteiger partial charge in [0.1, 0.15) is 16.4 Å². The van der Waals surface area contributed by atoms with Crippen LogP contribution in [0.25, 0.3) is 10.7 Å². The van der Waals surface area contributed by atoms with E-state index in [-0.39, 0.29) is 18.0 Å². The third-order valence-corrected chi connectivity index (χ3v) is 4.44. The van der Waals surface area contributed by atoms with Crippen molar-refractivity contribution in [3.8, 4) is 10.7 Å². The van der Waals surface area contributed by atoms with E-state index >= 15 is 0 Å². The van der Waals surface area contributed by atoms with E-state index in [2.05, 4.69) is 15.3 Å². The Morgan fingerprint density at radius 1 is 1.36 bits per heavy atom. The van der Waals surface area contributed by atoms with Crippen LogP contribution in [0.5, 0.6) is 0 Å². The van der Waals surface area contributed by atoms with Gasteiger partial charge in [-0.2, -0.15) is 0 Å². The summed E-state index contributed by atoms with van der Waals surface area (Å²) in [5.74, 6) is -0.739. The molecule has 2 amide bonds. The van der Waals surface area contributed by atoms with E-state index in [9.17, 15) is 9.59 Å². The number of nitrogens with two attached hydrogens (primary N) is 1. The van der Waals surface area contributed by atoms with Gasteiger partial charge in [0.25, 0.3) is 5.91 Å². The Morgan fingerprint density at radius 2 is 2.14 bits per heavy atom. The summed E-state index contributed by atoms with van der Waals surface area (Å²) < 4.78 is 0. The Bertz CT molecular complexity index is 666. The molecule has 0 bridgehead atoms. The lowest BCUT2D eigenvalue weighted by molar-refractivity contribution is -0.122. The molecule has 2 aromatic rings. The summed E-state index contributed by atoms with van der Waals surface area (Å²) >= 11 is 2.78. The minimum atomic E-state index is -0.643. The molecule has 2 aromatic heterocycles. The van der Waals surface area contributed by atoms with Gasteiger partial charge in [0.15, 0.2) is 0 Å². The van der Waals surface area contributed by atoms with Crippen LogP contribution >= 0.6 is 22.7 Å². The number of thiazole rings is 2. The van der Waals surface area contributed by atoms with Crippen LogP contribution in [0, 0.1) is 0 Å². The van der Waals surface area contributed by atoms with Gasteiger partial charge in [-0.15, -0.1) is 22.7 Å². The van der Waals surface area contributed by atoms with Crippen LogP contribution in [0.2, 0.25) is 0 Å². The van der Waals surface area contributed by atoms with Gasteiger partial charge < -0.3 is 16.2 Å². The van der Waals surface area contributed by atoms with E-state index in [1.54, 1.807) is 12.3 Å². The number of carbonyl (C=O) groups is 2. The van der Waals surface area contributed by atoms with Crippen molar-refractivity contribution in [2.45, 2.75) is 25.9 Å². The summed E-state index contributed by atoms with van der Waals surface area (Å²) in [6.45, 7) is 2.03. The zero-order valence-electron chi connectivity index (χ0n) is 11.9. The fraction of sp³-hybridized carbons (Fsp3) is 0.385. The van der Waals surface area contributed by atoms with Crippen molar-refractivity contribution in [2.75, 3.05) is 6.54 Å². The van der Waals surface area contributed by atoms with Gasteiger partial charge in [-0.3, -0.25) is 9.59 Å². The van der Waals surface area contributed by atoms with Gasteiger partial charge in [-0.1, -0.05) is 0 Å². The molecule has 0 aliphatic heterocycles. The molecule has 0 aliphatic rings. The molecule has 0 aromatic carbocycles. The van der Waals surface area contributed by atoms with Gasteiger partial charge >= 0.3 is 0 Å². The van der Waals surface area contributed by atoms with Crippen molar-refractivity contribution >= 4 is 34.5 Å². The zero-order valence-corrected chi connectivity index (χ0v) is 13.5. The Hall–Kier alpha value is -1.84. The highest BCUT2D eigenvalue weighted by Crippen LogP contribution is 2.25. The maximum atomic E-state index is 11.4. The number of carbonyl (C=O) groups excluding carboxylic acids is 2. The molecule has 4 N–H and O–H groups in total. The Balaban J connectivity index is 1.88. The predicted octanol–water partition coefficient (Wildman–Crippen LogP) is 0.795. The van der Waals surface area contributed by atoms with E-state index in [0.717, 1.165) is 5.01 Å². The molecule has 7 nitrogen and oxygen atoms in total. The fourth-order valence-corrected chi connectivity index (χ4v) is 3.30. The second-order valence-corrected chi connectivity index (χ2v) is 6.48. The largest absolute Gasteiger partial charge is 0.393 e. The third-order valence-electron chi connectivity index (χ3n) is 2.67. The van der Waals surface area contributed by atoms with E-state index in [1.807, 2.05) is 5.38 Å². The van der Waals surface area contributed by atoms with Gasteiger partial charge in [-0.05, 0) is 6.92 Å². The Kier molecular flexibility index (Phi) is 5.58. The molecule has 0 saturated heterocycles. The Morgan fingerprint density at radius 3 is 2.77 bits per heavy atom. The van der Waals surface area contributed by atoms with Gasteiger partial charge in [-0.25, -0.2) is 9.97 Å². The van der Waals surface area contributed by atoms with Crippen LogP contribution in [0.15, 0.2) is 10.8 Å². The monoisotopic (exact) mass is 340 g/mol. The van der Waals surface area contributed by atoms with E-state index in [1.165, 1.54) is 22.7 Å². The normalized spacial score (nSPS) is 12.1. The lowest BCUT2D eigenvalue weighted by atomic mass is 10.3. The molecule has 0 fully saturated rings. The van der Waals surface area contributed by atoms with Gasteiger partial charge in [0.05, 0.1) is 17.5 Å². The molecule has 9 heteroatoms. The molecule has 2 rings (SSSR count). The number of nitrogens with zero attached hydrogens (tertiary/aromatic N) is 2. The molecule has 2 heterocycles. The van der Waals surface area contributed by atoms with Crippen molar-refractivity contribution in [3.63, 3.8) is 0 Å². The van der Waals surface area contributed by atoms with Crippen LogP contribution < -0.4 is 11.1 Å². The number of amides is 2. The molecular formula is C13H16N4O3S2. The lowest BCUT2D eigenvalue weighted by Gasteiger charge is -2.05. The number of nitrogens with one attached hydrogen (secondary N) is 1. The number of hydrogen-bond donors (Lipinski definition) is 3. The molecular weight excluding hydrogens is 324 g/mol. The molecule has 118 valence electrons. The smallest absolute Gasteiger partial charge is 0.268 e. The second-order valence-electron chi connectivity index (χ2n) is 4.68.